The van der Waals surface area contributed by atoms with Crippen molar-refractivity contribution >= 4 is 5.91 Å². The quantitative estimate of drug-likeness (QED) is 0.820. The summed E-state index contributed by atoms with van der Waals surface area (Å²) in [5.41, 5.74) is -0.969. The standard InChI is InChI=1S/C17H21F3N2O2/c18-17(19,20)14-6-3-7-15(21-14)24-13-10-22(11-13)16(23)9-8-12-4-1-2-5-12/h3,6-7,12-13H,1-2,4-5,8-11H2. The number of carbonyl (C=O) groups is 1. The van der Waals surface area contributed by atoms with E-state index >= 15 is 0 Å². The van der Waals surface area contributed by atoms with Crippen LogP contribution < -0.4 is 4.74 Å². The number of amides is 1. The predicted molar refractivity (Wildman–Crippen MR) is 81.4 cm³/mol. The van der Waals surface area contributed by atoms with Gasteiger partial charge in [0.15, 0.2) is 0 Å². The van der Waals surface area contributed by atoms with E-state index < -0.39 is 11.9 Å². The van der Waals surface area contributed by atoms with Gasteiger partial charge in [-0.3, -0.25) is 4.79 Å². The molecule has 0 atom stereocenters. The van der Waals surface area contributed by atoms with Crippen molar-refractivity contribution in [3.8, 4) is 5.88 Å². The molecule has 0 spiro atoms. The van der Waals surface area contributed by atoms with E-state index in [0.29, 0.717) is 25.4 Å². The highest BCUT2D eigenvalue weighted by molar-refractivity contribution is 5.77. The average molecular weight is 342 g/mol. The molecule has 1 aliphatic carbocycles. The molecule has 1 saturated heterocycles. The first-order valence-electron chi connectivity index (χ1n) is 8.40. The molecule has 1 amide bonds. The SMILES string of the molecule is O=C(CCC1CCCC1)N1CC(Oc2cccc(C(F)(F)F)n2)C1. The summed E-state index contributed by atoms with van der Waals surface area (Å²) >= 11 is 0. The van der Waals surface area contributed by atoms with Gasteiger partial charge in [0.2, 0.25) is 11.8 Å². The second-order valence-electron chi connectivity index (χ2n) is 6.59. The van der Waals surface area contributed by atoms with E-state index in [4.69, 9.17) is 4.74 Å². The molecule has 0 N–H and O–H groups in total. The highest BCUT2D eigenvalue weighted by atomic mass is 19.4. The Labute approximate surface area is 139 Å². The lowest BCUT2D eigenvalue weighted by Crippen LogP contribution is -2.56. The number of halogens is 3. The van der Waals surface area contributed by atoms with E-state index in [1.165, 1.54) is 37.8 Å². The van der Waals surface area contributed by atoms with Crippen LogP contribution in [0.2, 0.25) is 0 Å². The zero-order chi connectivity index (χ0) is 17.2. The lowest BCUT2D eigenvalue weighted by atomic mass is 10.0. The first-order chi connectivity index (χ1) is 11.4. The fraction of sp³-hybridized carbons (Fsp3) is 0.647. The van der Waals surface area contributed by atoms with Crippen molar-refractivity contribution in [2.75, 3.05) is 13.1 Å². The number of pyridine rings is 1. The molecule has 0 aromatic carbocycles. The van der Waals surface area contributed by atoms with Crippen molar-refractivity contribution in [2.45, 2.75) is 50.8 Å². The summed E-state index contributed by atoms with van der Waals surface area (Å²) < 4.78 is 43.3. The van der Waals surface area contributed by atoms with Crippen LogP contribution in [0.5, 0.6) is 5.88 Å². The maximum atomic E-state index is 12.6. The Balaban J connectivity index is 1.42. The molecule has 1 aliphatic heterocycles. The van der Waals surface area contributed by atoms with E-state index in [1.807, 2.05) is 0 Å². The molecule has 2 fully saturated rings. The summed E-state index contributed by atoms with van der Waals surface area (Å²) in [6, 6.07) is 3.58. The molecule has 24 heavy (non-hydrogen) atoms. The van der Waals surface area contributed by atoms with Crippen LogP contribution >= 0.6 is 0 Å². The smallest absolute Gasteiger partial charge is 0.433 e. The third kappa shape index (κ3) is 4.19. The summed E-state index contributed by atoms with van der Waals surface area (Å²) in [6.07, 6.45) is 1.71. The number of ether oxygens (including phenoxy) is 1. The van der Waals surface area contributed by atoms with Gasteiger partial charge in [-0.15, -0.1) is 0 Å². The zero-order valence-electron chi connectivity index (χ0n) is 13.4. The normalized spacial score (nSPS) is 19.4. The van der Waals surface area contributed by atoms with Gasteiger partial charge in [0.1, 0.15) is 11.8 Å². The fourth-order valence-corrected chi connectivity index (χ4v) is 3.31. The summed E-state index contributed by atoms with van der Waals surface area (Å²) in [5.74, 6) is 0.739. The van der Waals surface area contributed by atoms with Crippen LogP contribution in [0.4, 0.5) is 13.2 Å². The molecule has 132 valence electrons. The number of aromatic nitrogens is 1. The molecule has 1 saturated carbocycles. The van der Waals surface area contributed by atoms with Crippen molar-refractivity contribution in [1.82, 2.24) is 9.88 Å². The zero-order valence-corrected chi connectivity index (χ0v) is 13.4. The number of likely N-dealkylation sites (tertiary alicyclic amines) is 1. The third-order valence-corrected chi connectivity index (χ3v) is 4.74. The minimum Gasteiger partial charge on any atom is -0.471 e. The number of hydrogen-bond acceptors (Lipinski definition) is 3. The van der Waals surface area contributed by atoms with Gasteiger partial charge >= 0.3 is 6.18 Å². The van der Waals surface area contributed by atoms with Crippen molar-refractivity contribution < 1.29 is 22.7 Å². The molecule has 4 nitrogen and oxygen atoms in total. The lowest BCUT2D eigenvalue weighted by Gasteiger charge is -2.38. The average Bonchev–Trinajstić information content (AvgIpc) is 3.01. The maximum Gasteiger partial charge on any atom is 0.433 e. The van der Waals surface area contributed by atoms with Gasteiger partial charge in [-0.1, -0.05) is 31.7 Å². The molecular formula is C17H21F3N2O2. The van der Waals surface area contributed by atoms with Gasteiger partial charge < -0.3 is 9.64 Å². The number of rotatable bonds is 5. The third-order valence-electron chi connectivity index (χ3n) is 4.74. The molecule has 0 bridgehead atoms. The highest BCUT2D eigenvalue weighted by Crippen LogP contribution is 2.30. The minimum absolute atomic E-state index is 0.0483. The second-order valence-corrected chi connectivity index (χ2v) is 6.59. The molecule has 0 unspecified atom stereocenters. The molecule has 2 aliphatic rings. The summed E-state index contributed by atoms with van der Waals surface area (Å²) in [4.78, 5) is 17.2. The van der Waals surface area contributed by atoms with Gasteiger partial charge in [0.25, 0.3) is 0 Å². The maximum absolute atomic E-state index is 12.6. The molecule has 1 aromatic heterocycles. The Kier molecular flexibility index (Phi) is 4.96. The number of carbonyl (C=O) groups excluding carboxylic acids is 1. The number of alkyl halides is 3. The highest BCUT2D eigenvalue weighted by Gasteiger charge is 2.35. The monoisotopic (exact) mass is 342 g/mol. The molecule has 1 aromatic rings. The Morgan fingerprint density at radius 3 is 2.62 bits per heavy atom. The van der Waals surface area contributed by atoms with Crippen LogP contribution in [0, 0.1) is 5.92 Å². The van der Waals surface area contributed by atoms with E-state index in [9.17, 15) is 18.0 Å². The Hall–Kier alpha value is -1.79. The molecule has 0 radical (unpaired) electrons. The van der Waals surface area contributed by atoms with Crippen LogP contribution in [0.25, 0.3) is 0 Å². The van der Waals surface area contributed by atoms with Crippen LogP contribution in [-0.4, -0.2) is 35.0 Å². The molecule has 7 heteroatoms. The number of hydrogen-bond donors (Lipinski definition) is 0. The van der Waals surface area contributed by atoms with Crippen LogP contribution in [0.1, 0.15) is 44.2 Å². The van der Waals surface area contributed by atoms with E-state index in [0.717, 1.165) is 12.5 Å². The van der Waals surface area contributed by atoms with E-state index in [-0.39, 0.29) is 17.9 Å². The Morgan fingerprint density at radius 1 is 1.25 bits per heavy atom. The topological polar surface area (TPSA) is 42.4 Å². The largest absolute Gasteiger partial charge is 0.471 e. The van der Waals surface area contributed by atoms with Crippen molar-refractivity contribution in [2.24, 2.45) is 5.92 Å². The Bertz CT molecular complexity index is 579. The van der Waals surface area contributed by atoms with Crippen LogP contribution in [-0.2, 0) is 11.0 Å². The minimum atomic E-state index is -4.48. The molecule has 2 heterocycles. The van der Waals surface area contributed by atoms with Gasteiger partial charge in [0.05, 0.1) is 13.1 Å². The summed E-state index contributed by atoms with van der Waals surface area (Å²) in [7, 11) is 0. The number of nitrogens with zero attached hydrogens (tertiary/aromatic N) is 2. The first kappa shape index (κ1) is 17.0. The van der Waals surface area contributed by atoms with E-state index in [2.05, 4.69) is 4.98 Å². The van der Waals surface area contributed by atoms with E-state index in [1.54, 1.807) is 4.90 Å². The van der Waals surface area contributed by atoms with Crippen molar-refractivity contribution in [3.63, 3.8) is 0 Å². The van der Waals surface area contributed by atoms with Gasteiger partial charge in [-0.05, 0) is 18.4 Å². The van der Waals surface area contributed by atoms with Crippen LogP contribution in [0.15, 0.2) is 18.2 Å². The predicted octanol–water partition coefficient (Wildman–Crippen LogP) is 3.66. The van der Waals surface area contributed by atoms with Crippen molar-refractivity contribution in [3.05, 3.63) is 23.9 Å². The second kappa shape index (κ2) is 6.99. The van der Waals surface area contributed by atoms with Gasteiger partial charge in [-0.2, -0.15) is 13.2 Å². The lowest BCUT2D eigenvalue weighted by molar-refractivity contribution is -0.142. The van der Waals surface area contributed by atoms with Gasteiger partial charge in [-0.25, -0.2) is 4.98 Å². The van der Waals surface area contributed by atoms with Gasteiger partial charge in [0, 0.05) is 12.5 Å². The Morgan fingerprint density at radius 2 is 1.96 bits per heavy atom. The fourth-order valence-electron chi connectivity index (χ4n) is 3.31. The molecular weight excluding hydrogens is 321 g/mol. The van der Waals surface area contributed by atoms with Crippen molar-refractivity contribution in [1.29, 1.82) is 0 Å². The summed E-state index contributed by atoms with van der Waals surface area (Å²) in [5, 5.41) is 0. The first-order valence-corrected chi connectivity index (χ1v) is 8.40. The summed E-state index contributed by atoms with van der Waals surface area (Å²) in [6.45, 7) is 0.836. The molecule has 3 rings (SSSR count). The van der Waals surface area contributed by atoms with Crippen LogP contribution in [0.3, 0.4) is 0 Å².